The van der Waals surface area contributed by atoms with Gasteiger partial charge in [-0.25, -0.2) is 0 Å². The third-order valence-electron chi connectivity index (χ3n) is 3.32. The number of amides is 2. The Balaban J connectivity index is 1.73. The van der Waals surface area contributed by atoms with Gasteiger partial charge in [-0.2, -0.15) is 0 Å². The van der Waals surface area contributed by atoms with Crippen LogP contribution < -0.4 is 10.6 Å². The number of thioether (sulfide) groups is 1. The lowest BCUT2D eigenvalue weighted by Crippen LogP contribution is -2.18. The van der Waals surface area contributed by atoms with Crippen molar-refractivity contribution in [3.8, 4) is 0 Å². The zero-order valence-corrected chi connectivity index (χ0v) is 16.0. The van der Waals surface area contributed by atoms with Gasteiger partial charge in [-0.3, -0.25) is 9.59 Å². The van der Waals surface area contributed by atoms with Crippen molar-refractivity contribution in [1.29, 1.82) is 0 Å². The Kier molecular flexibility index (Phi) is 7.62. The molecule has 0 spiro atoms. The van der Waals surface area contributed by atoms with Crippen molar-refractivity contribution in [2.75, 3.05) is 22.1 Å². The standard InChI is InChI=1S/C18H18Cl2N2O2S/c1-2-12-3-6-14(7-4-12)21-17(23)10-25-11-18(24)22-16-8-5-13(19)9-15(16)20/h3-9H,2,10-11H2,1H3,(H,21,23)(H,22,24). The highest BCUT2D eigenvalue weighted by molar-refractivity contribution is 8.00. The Morgan fingerprint density at radius 1 is 0.960 bits per heavy atom. The average Bonchev–Trinajstić information content (AvgIpc) is 2.58. The molecular formula is C18H18Cl2N2O2S. The van der Waals surface area contributed by atoms with Crippen LogP contribution in [0.5, 0.6) is 0 Å². The fraction of sp³-hybridized carbons (Fsp3) is 0.222. The first-order chi connectivity index (χ1) is 12.0. The summed E-state index contributed by atoms with van der Waals surface area (Å²) in [7, 11) is 0. The van der Waals surface area contributed by atoms with Gasteiger partial charge in [0, 0.05) is 10.7 Å². The van der Waals surface area contributed by atoms with Gasteiger partial charge in [-0.1, -0.05) is 42.3 Å². The van der Waals surface area contributed by atoms with Gasteiger partial charge in [-0.05, 0) is 42.3 Å². The van der Waals surface area contributed by atoms with Crippen molar-refractivity contribution in [1.82, 2.24) is 0 Å². The molecule has 0 heterocycles. The van der Waals surface area contributed by atoms with Gasteiger partial charge in [0.15, 0.2) is 0 Å². The second-order valence-electron chi connectivity index (χ2n) is 5.26. The van der Waals surface area contributed by atoms with E-state index >= 15 is 0 Å². The van der Waals surface area contributed by atoms with Gasteiger partial charge < -0.3 is 10.6 Å². The summed E-state index contributed by atoms with van der Waals surface area (Å²) in [5, 5.41) is 6.37. The first-order valence-electron chi connectivity index (χ1n) is 7.69. The van der Waals surface area contributed by atoms with Crippen molar-refractivity contribution in [3.63, 3.8) is 0 Å². The molecule has 0 aliphatic heterocycles. The summed E-state index contributed by atoms with van der Waals surface area (Å²) < 4.78 is 0. The maximum atomic E-state index is 11.9. The SMILES string of the molecule is CCc1ccc(NC(=O)CSCC(=O)Nc2ccc(Cl)cc2Cl)cc1. The summed E-state index contributed by atoms with van der Waals surface area (Å²) in [5.74, 6) is -0.0285. The van der Waals surface area contributed by atoms with Gasteiger partial charge in [0.2, 0.25) is 11.8 Å². The molecule has 0 fully saturated rings. The van der Waals surface area contributed by atoms with E-state index < -0.39 is 0 Å². The fourth-order valence-electron chi connectivity index (χ4n) is 2.03. The van der Waals surface area contributed by atoms with Crippen molar-refractivity contribution in [2.45, 2.75) is 13.3 Å². The lowest BCUT2D eigenvalue weighted by Gasteiger charge is -2.08. The van der Waals surface area contributed by atoms with E-state index in [0.717, 1.165) is 12.1 Å². The molecule has 0 unspecified atom stereocenters. The molecule has 0 aromatic heterocycles. The maximum Gasteiger partial charge on any atom is 0.234 e. The van der Waals surface area contributed by atoms with Crippen molar-refractivity contribution in [3.05, 3.63) is 58.1 Å². The van der Waals surface area contributed by atoms with Gasteiger partial charge in [0.05, 0.1) is 22.2 Å². The minimum atomic E-state index is -0.227. The predicted molar refractivity (Wildman–Crippen MR) is 107 cm³/mol. The molecular weight excluding hydrogens is 379 g/mol. The highest BCUT2D eigenvalue weighted by atomic mass is 35.5. The Labute approximate surface area is 161 Å². The van der Waals surface area contributed by atoms with E-state index in [1.54, 1.807) is 18.2 Å². The molecule has 25 heavy (non-hydrogen) atoms. The van der Waals surface area contributed by atoms with Crippen molar-refractivity contribution in [2.24, 2.45) is 0 Å². The summed E-state index contributed by atoms with van der Waals surface area (Å²) in [4.78, 5) is 23.8. The largest absolute Gasteiger partial charge is 0.325 e. The van der Waals surface area contributed by atoms with E-state index in [4.69, 9.17) is 23.2 Å². The van der Waals surface area contributed by atoms with E-state index in [-0.39, 0.29) is 23.3 Å². The highest BCUT2D eigenvalue weighted by Gasteiger charge is 2.09. The first kappa shape index (κ1) is 19.6. The molecule has 0 radical (unpaired) electrons. The summed E-state index contributed by atoms with van der Waals surface area (Å²) in [6.07, 6.45) is 0.955. The number of rotatable bonds is 7. The summed E-state index contributed by atoms with van der Waals surface area (Å²) in [5.41, 5.74) is 2.46. The summed E-state index contributed by atoms with van der Waals surface area (Å²) in [6.45, 7) is 2.08. The molecule has 132 valence electrons. The highest BCUT2D eigenvalue weighted by Crippen LogP contribution is 2.25. The molecule has 0 atom stereocenters. The Morgan fingerprint density at radius 3 is 2.20 bits per heavy atom. The number of benzene rings is 2. The molecule has 0 aliphatic carbocycles. The van der Waals surface area contributed by atoms with Crippen LogP contribution in [0.25, 0.3) is 0 Å². The van der Waals surface area contributed by atoms with Gasteiger partial charge >= 0.3 is 0 Å². The Morgan fingerprint density at radius 2 is 1.60 bits per heavy atom. The molecule has 7 heteroatoms. The second kappa shape index (κ2) is 9.70. The molecule has 4 nitrogen and oxygen atoms in total. The number of anilines is 2. The average molecular weight is 397 g/mol. The lowest BCUT2D eigenvalue weighted by molar-refractivity contribution is -0.114. The van der Waals surface area contributed by atoms with Crippen LogP contribution in [0.4, 0.5) is 11.4 Å². The molecule has 0 saturated heterocycles. The smallest absolute Gasteiger partial charge is 0.234 e. The first-order valence-corrected chi connectivity index (χ1v) is 9.60. The third kappa shape index (κ3) is 6.61. The third-order valence-corrected chi connectivity index (χ3v) is 4.80. The van der Waals surface area contributed by atoms with E-state index in [2.05, 4.69) is 17.6 Å². The fourth-order valence-corrected chi connectivity index (χ4v) is 3.11. The van der Waals surface area contributed by atoms with Crippen LogP contribution in [-0.4, -0.2) is 23.3 Å². The number of nitrogens with one attached hydrogen (secondary N) is 2. The van der Waals surface area contributed by atoms with Gasteiger partial charge in [0.25, 0.3) is 0 Å². The summed E-state index contributed by atoms with van der Waals surface area (Å²) >= 11 is 13.0. The normalized spacial score (nSPS) is 10.4. The van der Waals surface area contributed by atoms with Crippen LogP contribution in [-0.2, 0) is 16.0 Å². The number of aryl methyl sites for hydroxylation is 1. The molecule has 2 N–H and O–H groups in total. The molecule has 0 aliphatic rings. The molecule has 2 aromatic carbocycles. The van der Waals surface area contributed by atoms with E-state index in [1.807, 2.05) is 24.3 Å². The zero-order valence-electron chi connectivity index (χ0n) is 13.6. The monoisotopic (exact) mass is 396 g/mol. The Bertz CT molecular complexity index is 751. The molecule has 2 aromatic rings. The van der Waals surface area contributed by atoms with Gasteiger partial charge in [0.1, 0.15) is 0 Å². The summed E-state index contributed by atoms with van der Waals surface area (Å²) in [6, 6.07) is 12.5. The molecule has 0 bridgehead atoms. The van der Waals surface area contributed by atoms with Crippen molar-refractivity contribution >= 4 is 58.2 Å². The maximum absolute atomic E-state index is 11.9. The Hall–Kier alpha value is -1.69. The topological polar surface area (TPSA) is 58.2 Å². The van der Waals surface area contributed by atoms with Gasteiger partial charge in [-0.15, -0.1) is 11.8 Å². The van der Waals surface area contributed by atoms with Crippen LogP contribution >= 0.6 is 35.0 Å². The quantitative estimate of drug-likeness (QED) is 0.701. The van der Waals surface area contributed by atoms with Crippen LogP contribution in [0.1, 0.15) is 12.5 Å². The van der Waals surface area contributed by atoms with Crippen LogP contribution in [0.15, 0.2) is 42.5 Å². The minimum Gasteiger partial charge on any atom is -0.325 e. The number of carbonyl (C=O) groups is 2. The molecule has 2 amide bonds. The van der Waals surface area contributed by atoms with Crippen LogP contribution in [0, 0.1) is 0 Å². The molecule has 0 saturated carbocycles. The number of hydrogen-bond donors (Lipinski definition) is 2. The van der Waals surface area contributed by atoms with E-state index in [0.29, 0.717) is 15.7 Å². The zero-order chi connectivity index (χ0) is 18.2. The lowest BCUT2D eigenvalue weighted by atomic mass is 10.1. The van der Waals surface area contributed by atoms with Crippen LogP contribution in [0.2, 0.25) is 10.0 Å². The number of hydrogen-bond acceptors (Lipinski definition) is 3. The predicted octanol–water partition coefficient (Wildman–Crippen LogP) is 4.87. The minimum absolute atomic E-state index is 0.147. The second-order valence-corrected chi connectivity index (χ2v) is 7.09. The van der Waals surface area contributed by atoms with Crippen molar-refractivity contribution < 1.29 is 9.59 Å². The number of halogens is 2. The molecule has 2 rings (SSSR count). The van der Waals surface area contributed by atoms with E-state index in [9.17, 15) is 9.59 Å². The van der Waals surface area contributed by atoms with E-state index in [1.165, 1.54) is 17.3 Å². The van der Waals surface area contributed by atoms with Crippen LogP contribution in [0.3, 0.4) is 0 Å². The number of carbonyl (C=O) groups excluding carboxylic acids is 2.